The summed E-state index contributed by atoms with van der Waals surface area (Å²) in [6.45, 7) is 2.49. The van der Waals surface area contributed by atoms with Gasteiger partial charge in [0.25, 0.3) is 0 Å². The fourth-order valence-electron chi connectivity index (χ4n) is 4.06. The van der Waals surface area contributed by atoms with Crippen LogP contribution < -0.4 is 9.47 Å². The van der Waals surface area contributed by atoms with Crippen molar-refractivity contribution in [3.8, 4) is 11.5 Å². The molecule has 6 nitrogen and oxygen atoms in total. The van der Waals surface area contributed by atoms with Crippen LogP contribution in [-0.4, -0.2) is 48.0 Å². The lowest BCUT2D eigenvalue weighted by molar-refractivity contribution is 0.0811. The highest BCUT2D eigenvalue weighted by atomic mass is 16.5. The summed E-state index contributed by atoms with van der Waals surface area (Å²) in [6, 6.07) is 11.5. The van der Waals surface area contributed by atoms with E-state index in [-0.39, 0.29) is 11.7 Å². The first-order valence-electron chi connectivity index (χ1n) is 9.87. The van der Waals surface area contributed by atoms with Gasteiger partial charge >= 0.3 is 0 Å². The van der Waals surface area contributed by atoms with E-state index in [1.165, 1.54) is 0 Å². The Hall–Kier alpha value is -2.99. The number of hydrogen-bond acceptors (Lipinski definition) is 6. The average Bonchev–Trinajstić information content (AvgIpc) is 2.78. The smallest absolute Gasteiger partial charge is 0.167 e. The number of carbonyl (C=O) groups excluding carboxylic acids is 1. The molecular formula is C23H25N3O3. The van der Waals surface area contributed by atoms with Crippen molar-refractivity contribution in [2.75, 3.05) is 27.3 Å². The summed E-state index contributed by atoms with van der Waals surface area (Å²) in [5.41, 5.74) is 3.66. The number of para-hydroxylation sites is 1. The first-order chi connectivity index (χ1) is 14.2. The van der Waals surface area contributed by atoms with E-state index in [0.717, 1.165) is 49.1 Å². The first kappa shape index (κ1) is 19.3. The molecule has 4 rings (SSSR count). The number of fused-ring (bicyclic) bond motifs is 1. The van der Waals surface area contributed by atoms with Crippen molar-refractivity contribution in [2.45, 2.75) is 19.4 Å². The van der Waals surface area contributed by atoms with Gasteiger partial charge in [0.2, 0.25) is 0 Å². The van der Waals surface area contributed by atoms with Crippen molar-refractivity contribution in [3.63, 3.8) is 0 Å². The number of likely N-dealkylation sites (tertiary alicyclic amines) is 1. The second kappa shape index (κ2) is 8.57. The summed E-state index contributed by atoms with van der Waals surface area (Å²) in [5, 5.41) is 0. The van der Waals surface area contributed by atoms with Gasteiger partial charge in [0.15, 0.2) is 17.3 Å². The predicted octanol–water partition coefficient (Wildman–Crippen LogP) is 3.74. The Morgan fingerprint density at radius 3 is 2.76 bits per heavy atom. The van der Waals surface area contributed by atoms with Gasteiger partial charge in [0.05, 0.1) is 25.3 Å². The lowest BCUT2D eigenvalue weighted by atomic mass is 9.89. The zero-order valence-electron chi connectivity index (χ0n) is 16.8. The molecule has 2 heterocycles. The van der Waals surface area contributed by atoms with Gasteiger partial charge in [-0.3, -0.25) is 19.7 Å². The van der Waals surface area contributed by atoms with Crippen LogP contribution in [0.15, 0.2) is 48.8 Å². The fraction of sp³-hybridized carbons (Fsp3) is 0.348. The molecule has 0 saturated carbocycles. The number of Topliss-reactive ketones (excluding diaryl/α,β-unsaturated/α-hetero) is 1. The number of aromatic nitrogens is 2. The fourth-order valence-corrected chi connectivity index (χ4v) is 4.06. The van der Waals surface area contributed by atoms with Crippen LogP contribution in [0.25, 0.3) is 11.0 Å². The first-order valence-corrected chi connectivity index (χ1v) is 9.87. The second-order valence-electron chi connectivity index (χ2n) is 7.35. The second-order valence-corrected chi connectivity index (χ2v) is 7.35. The van der Waals surface area contributed by atoms with Crippen LogP contribution in [-0.2, 0) is 6.54 Å². The van der Waals surface area contributed by atoms with Crippen LogP contribution in [0, 0.1) is 5.92 Å². The van der Waals surface area contributed by atoms with E-state index >= 15 is 0 Å². The molecule has 29 heavy (non-hydrogen) atoms. The molecule has 0 spiro atoms. The third-order valence-electron chi connectivity index (χ3n) is 5.52. The summed E-state index contributed by atoms with van der Waals surface area (Å²) in [5.74, 6) is 1.35. The summed E-state index contributed by atoms with van der Waals surface area (Å²) in [4.78, 5) is 24.4. The molecule has 0 radical (unpaired) electrons. The molecule has 1 aromatic heterocycles. The highest BCUT2D eigenvalue weighted by Gasteiger charge is 2.27. The van der Waals surface area contributed by atoms with Gasteiger partial charge in [-0.1, -0.05) is 12.1 Å². The van der Waals surface area contributed by atoms with E-state index in [1.54, 1.807) is 38.7 Å². The van der Waals surface area contributed by atoms with E-state index in [0.29, 0.717) is 17.1 Å². The Balaban J connectivity index is 1.50. The average molecular weight is 391 g/mol. The summed E-state index contributed by atoms with van der Waals surface area (Å²) in [7, 11) is 3.18. The molecule has 1 saturated heterocycles. The maximum atomic E-state index is 13.1. The van der Waals surface area contributed by atoms with Gasteiger partial charge < -0.3 is 9.47 Å². The largest absolute Gasteiger partial charge is 0.493 e. The van der Waals surface area contributed by atoms with Gasteiger partial charge in [-0.25, -0.2) is 0 Å². The third-order valence-corrected chi connectivity index (χ3v) is 5.52. The molecule has 1 aliphatic heterocycles. The van der Waals surface area contributed by atoms with Gasteiger partial charge in [-0.05, 0) is 49.2 Å². The number of ether oxygens (including phenoxy) is 2. The van der Waals surface area contributed by atoms with Crippen LogP contribution in [0.5, 0.6) is 11.5 Å². The Bertz CT molecular complexity index is 1020. The van der Waals surface area contributed by atoms with E-state index in [4.69, 9.17) is 9.47 Å². The monoisotopic (exact) mass is 391 g/mol. The van der Waals surface area contributed by atoms with E-state index in [9.17, 15) is 4.79 Å². The third kappa shape index (κ3) is 4.07. The lowest BCUT2D eigenvalue weighted by Gasteiger charge is -2.32. The van der Waals surface area contributed by atoms with Crippen molar-refractivity contribution in [1.82, 2.24) is 14.9 Å². The quantitative estimate of drug-likeness (QED) is 0.597. The number of carbonyl (C=O) groups is 1. The maximum absolute atomic E-state index is 13.1. The number of piperidine rings is 1. The molecular weight excluding hydrogens is 366 g/mol. The Morgan fingerprint density at radius 2 is 1.93 bits per heavy atom. The number of nitrogens with zero attached hydrogens (tertiary/aromatic N) is 3. The number of hydrogen-bond donors (Lipinski definition) is 0. The van der Waals surface area contributed by atoms with Gasteiger partial charge in [-0.15, -0.1) is 0 Å². The molecule has 0 aliphatic carbocycles. The normalized spacial score (nSPS) is 17.2. The molecule has 2 aromatic carbocycles. The van der Waals surface area contributed by atoms with E-state index < -0.39 is 0 Å². The number of ketones is 1. The van der Waals surface area contributed by atoms with Crippen molar-refractivity contribution in [2.24, 2.45) is 5.92 Å². The minimum absolute atomic E-state index is 0.0251. The molecule has 0 N–H and O–H groups in total. The van der Waals surface area contributed by atoms with Crippen molar-refractivity contribution >= 4 is 16.8 Å². The molecule has 0 amide bonds. The standard InChI is InChI=1S/C23H25N3O3/c1-28-20-9-8-16(13-21(20)29-2)23(27)18-6-4-12-26(15-18)14-17-5-3-7-19-22(17)25-11-10-24-19/h3,5,7-11,13,18H,4,6,12,14-15H2,1-2H3. The predicted molar refractivity (Wildman–Crippen MR) is 111 cm³/mol. The number of benzene rings is 2. The van der Waals surface area contributed by atoms with Gasteiger partial charge in [0, 0.05) is 37.0 Å². The highest BCUT2D eigenvalue weighted by Crippen LogP contribution is 2.30. The molecule has 3 aromatic rings. The topological polar surface area (TPSA) is 64.5 Å². The van der Waals surface area contributed by atoms with Gasteiger partial charge in [-0.2, -0.15) is 0 Å². The molecule has 1 aliphatic rings. The summed E-state index contributed by atoms with van der Waals surface area (Å²) in [6.07, 6.45) is 5.34. The van der Waals surface area contributed by atoms with Crippen LogP contribution >= 0.6 is 0 Å². The number of rotatable bonds is 6. The molecule has 6 heteroatoms. The van der Waals surface area contributed by atoms with Crippen molar-refractivity contribution in [3.05, 3.63) is 59.9 Å². The molecule has 1 unspecified atom stereocenters. The Morgan fingerprint density at radius 1 is 1.10 bits per heavy atom. The minimum Gasteiger partial charge on any atom is -0.493 e. The molecule has 1 atom stereocenters. The van der Waals surface area contributed by atoms with Crippen LogP contribution in [0.1, 0.15) is 28.8 Å². The van der Waals surface area contributed by atoms with Crippen molar-refractivity contribution in [1.29, 1.82) is 0 Å². The number of methoxy groups -OCH3 is 2. The zero-order chi connectivity index (χ0) is 20.2. The molecule has 150 valence electrons. The van der Waals surface area contributed by atoms with Crippen LogP contribution in [0.2, 0.25) is 0 Å². The van der Waals surface area contributed by atoms with Gasteiger partial charge in [0.1, 0.15) is 0 Å². The molecule has 1 fully saturated rings. The van der Waals surface area contributed by atoms with Crippen LogP contribution in [0.3, 0.4) is 0 Å². The SMILES string of the molecule is COc1ccc(C(=O)C2CCCN(Cc3cccc4nccnc34)C2)cc1OC. The van der Waals surface area contributed by atoms with Crippen molar-refractivity contribution < 1.29 is 14.3 Å². The minimum atomic E-state index is -0.0251. The lowest BCUT2D eigenvalue weighted by Crippen LogP contribution is -2.38. The Kier molecular flexibility index (Phi) is 5.71. The van der Waals surface area contributed by atoms with E-state index in [2.05, 4.69) is 20.9 Å². The highest BCUT2D eigenvalue weighted by molar-refractivity contribution is 5.98. The zero-order valence-corrected chi connectivity index (χ0v) is 16.8. The van der Waals surface area contributed by atoms with Crippen LogP contribution in [0.4, 0.5) is 0 Å². The van der Waals surface area contributed by atoms with E-state index in [1.807, 2.05) is 18.2 Å². The summed E-state index contributed by atoms with van der Waals surface area (Å²) < 4.78 is 10.6. The Labute approximate surface area is 170 Å². The molecule has 0 bridgehead atoms. The maximum Gasteiger partial charge on any atom is 0.167 e. The summed E-state index contributed by atoms with van der Waals surface area (Å²) >= 11 is 0.